The van der Waals surface area contributed by atoms with Gasteiger partial charge in [-0.25, -0.2) is 9.97 Å². The first-order valence-electron chi connectivity index (χ1n) is 8.14. The van der Waals surface area contributed by atoms with E-state index in [-0.39, 0.29) is 5.91 Å². The number of pyridine rings is 1. The standard InChI is InChI=1S/C18H16N4OS3/c1-2-4-10-6-7-11-14(19)15(26-17(11)20-10)16(23)22-18-21-12(9-25-18)13-5-3-8-24-13/h3,5-9H,2,4,19H2,1H3,(H,21,22,23). The number of nitrogen functional groups attached to an aromatic ring is 1. The number of thiophene rings is 2. The van der Waals surface area contributed by atoms with Gasteiger partial charge in [-0.15, -0.1) is 34.0 Å². The van der Waals surface area contributed by atoms with Crippen LogP contribution in [-0.4, -0.2) is 15.9 Å². The minimum atomic E-state index is -0.241. The van der Waals surface area contributed by atoms with Crippen LogP contribution in [0.15, 0.2) is 35.0 Å². The Hall–Kier alpha value is -2.29. The maximum absolute atomic E-state index is 12.7. The number of nitrogens with two attached hydrogens (primary N) is 1. The lowest BCUT2D eigenvalue weighted by atomic mass is 10.2. The molecule has 0 radical (unpaired) electrons. The zero-order valence-electron chi connectivity index (χ0n) is 14.0. The van der Waals surface area contributed by atoms with Crippen LogP contribution in [0.2, 0.25) is 0 Å². The van der Waals surface area contributed by atoms with E-state index >= 15 is 0 Å². The molecule has 1 amide bonds. The van der Waals surface area contributed by atoms with Crippen LogP contribution in [0, 0.1) is 0 Å². The van der Waals surface area contributed by atoms with Gasteiger partial charge in [0.05, 0.1) is 16.3 Å². The maximum Gasteiger partial charge on any atom is 0.269 e. The lowest BCUT2D eigenvalue weighted by Gasteiger charge is -2.00. The average molecular weight is 401 g/mol. The SMILES string of the molecule is CCCc1ccc2c(N)c(C(=O)Nc3nc(-c4cccs4)cs3)sc2n1. The van der Waals surface area contributed by atoms with Crippen LogP contribution < -0.4 is 11.1 Å². The van der Waals surface area contributed by atoms with Gasteiger partial charge < -0.3 is 5.73 Å². The number of carbonyl (C=O) groups is 1. The van der Waals surface area contributed by atoms with Gasteiger partial charge in [0.15, 0.2) is 5.13 Å². The molecule has 26 heavy (non-hydrogen) atoms. The van der Waals surface area contributed by atoms with E-state index in [2.05, 4.69) is 22.2 Å². The van der Waals surface area contributed by atoms with Crippen molar-refractivity contribution in [2.45, 2.75) is 19.8 Å². The van der Waals surface area contributed by atoms with Gasteiger partial charge in [0.1, 0.15) is 9.71 Å². The van der Waals surface area contributed by atoms with Gasteiger partial charge in [-0.3, -0.25) is 10.1 Å². The number of fused-ring (bicyclic) bond motifs is 1. The van der Waals surface area contributed by atoms with Crippen molar-refractivity contribution in [3.8, 4) is 10.6 Å². The molecule has 4 rings (SSSR count). The summed E-state index contributed by atoms with van der Waals surface area (Å²) in [5, 5.41) is 8.20. The normalized spacial score (nSPS) is 11.1. The van der Waals surface area contributed by atoms with E-state index in [9.17, 15) is 4.79 Å². The Bertz CT molecular complexity index is 1070. The van der Waals surface area contributed by atoms with Crippen molar-refractivity contribution in [2.75, 3.05) is 11.1 Å². The molecular formula is C18H16N4OS3. The van der Waals surface area contributed by atoms with E-state index in [0.717, 1.165) is 39.3 Å². The molecule has 0 aliphatic heterocycles. The highest BCUT2D eigenvalue weighted by atomic mass is 32.1. The smallest absolute Gasteiger partial charge is 0.269 e. The third-order valence-electron chi connectivity index (χ3n) is 3.86. The first kappa shape index (κ1) is 17.1. The number of nitrogens with one attached hydrogen (secondary N) is 1. The minimum Gasteiger partial charge on any atom is -0.397 e. The number of amides is 1. The largest absolute Gasteiger partial charge is 0.397 e. The predicted molar refractivity (Wildman–Crippen MR) is 111 cm³/mol. The lowest BCUT2D eigenvalue weighted by molar-refractivity contribution is 0.103. The quantitative estimate of drug-likeness (QED) is 0.478. The number of thiazole rings is 1. The zero-order valence-corrected chi connectivity index (χ0v) is 16.4. The zero-order chi connectivity index (χ0) is 18.1. The van der Waals surface area contributed by atoms with Crippen LogP contribution in [0.3, 0.4) is 0 Å². The van der Waals surface area contributed by atoms with E-state index in [1.807, 2.05) is 35.0 Å². The highest BCUT2D eigenvalue weighted by Crippen LogP contribution is 2.34. The Morgan fingerprint density at radius 3 is 2.88 bits per heavy atom. The fourth-order valence-corrected chi connectivity index (χ4v) is 5.10. The highest BCUT2D eigenvalue weighted by Gasteiger charge is 2.19. The Kier molecular flexibility index (Phi) is 4.71. The molecule has 0 fully saturated rings. The molecule has 0 aliphatic rings. The number of aromatic nitrogens is 2. The van der Waals surface area contributed by atoms with E-state index in [1.54, 1.807) is 11.3 Å². The van der Waals surface area contributed by atoms with Crippen molar-refractivity contribution in [3.63, 3.8) is 0 Å². The Morgan fingerprint density at radius 2 is 2.12 bits per heavy atom. The molecule has 0 aromatic carbocycles. The summed E-state index contributed by atoms with van der Waals surface area (Å²) < 4.78 is 0. The number of hydrogen-bond donors (Lipinski definition) is 2. The number of aryl methyl sites for hydroxylation is 1. The van der Waals surface area contributed by atoms with Gasteiger partial charge in [-0.1, -0.05) is 19.4 Å². The maximum atomic E-state index is 12.7. The van der Waals surface area contributed by atoms with Gasteiger partial charge in [-0.05, 0) is 30.0 Å². The van der Waals surface area contributed by atoms with Gasteiger partial charge in [0.25, 0.3) is 5.91 Å². The summed E-state index contributed by atoms with van der Waals surface area (Å²) in [6.45, 7) is 2.12. The van der Waals surface area contributed by atoms with Crippen LogP contribution in [0.5, 0.6) is 0 Å². The predicted octanol–water partition coefficient (Wildman–Crippen LogP) is 5.27. The van der Waals surface area contributed by atoms with Gasteiger partial charge in [0.2, 0.25) is 0 Å². The van der Waals surface area contributed by atoms with E-state index in [0.29, 0.717) is 15.7 Å². The fourth-order valence-electron chi connectivity index (χ4n) is 2.62. The van der Waals surface area contributed by atoms with Crippen LogP contribution in [0.25, 0.3) is 20.8 Å². The second kappa shape index (κ2) is 7.14. The van der Waals surface area contributed by atoms with Crippen LogP contribution in [0.4, 0.5) is 10.8 Å². The van der Waals surface area contributed by atoms with E-state index in [4.69, 9.17) is 5.73 Å². The Morgan fingerprint density at radius 1 is 1.23 bits per heavy atom. The van der Waals surface area contributed by atoms with Gasteiger partial charge in [-0.2, -0.15) is 0 Å². The number of anilines is 2. The summed E-state index contributed by atoms with van der Waals surface area (Å²) in [7, 11) is 0. The molecule has 0 bridgehead atoms. The number of hydrogen-bond acceptors (Lipinski definition) is 7. The molecule has 4 aromatic rings. The van der Waals surface area contributed by atoms with Crippen molar-refractivity contribution >= 4 is 61.0 Å². The lowest BCUT2D eigenvalue weighted by Crippen LogP contribution is -2.11. The topological polar surface area (TPSA) is 80.9 Å². The monoisotopic (exact) mass is 400 g/mol. The van der Waals surface area contributed by atoms with Crippen LogP contribution in [-0.2, 0) is 6.42 Å². The van der Waals surface area contributed by atoms with Gasteiger partial charge >= 0.3 is 0 Å². The molecule has 0 atom stereocenters. The molecule has 4 heterocycles. The first-order valence-corrected chi connectivity index (χ1v) is 10.7. The molecule has 5 nitrogen and oxygen atoms in total. The molecule has 0 saturated heterocycles. The summed E-state index contributed by atoms with van der Waals surface area (Å²) in [6, 6.07) is 7.92. The summed E-state index contributed by atoms with van der Waals surface area (Å²) >= 11 is 4.35. The summed E-state index contributed by atoms with van der Waals surface area (Å²) in [4.78, 5) is 24.1. The molecule has 3 N–H and O–H groups in total. The second-order valence-corrected chi connectivity index (χ2v) is 8.52. The summed E-state index contributed by atoms with van der Waals surface area (Å²) in [5.41, 5.74) is 8.57. The summed E-state index contributed by atoms with van der Waals surface area (Å²) in [5.74, 6) is -0.241. The third-order valence-corrected chi connectivity index (χ3v) is 6.63. The molecule has 0 saturated carbocycles. The molecular weight excluding hydrogens is 384 g/mol. The third kappa shape index (κ3) is 3.23. The molecule has 4 aromatic heterocycles. The Balaban J connectivity index is 1.59. The van der Waals surface area contributed by atoms with Crippen molar-refractivity contribution in [1.82, 2.24) is 9.97 Å². The highest BCUT2D eigenvalue weighted by molar-refractivity contribution is 7.21. The molecule has 132 valence electrons. The second-order valence-electron chi connectivity index (χ2n) is 5.72. The van der Waals surface area contributed by atoms with Crippen molar-refractivity contribution in [3.05, 3.63) is 45.6 Å². The first-order chi connectivity index (χ1) is 12.7. The van der Waals surface area contributed by atoms with Crippen molar-refractivity contribution in [1.29, 1.82) is 0 Å². The van der Waals surface area contributed by atoms with Gasteiger partial charge in [0, 0.05) is 16.5 Å². The van der Waals surface area contributed by atoms with Crippen LogP contribution in [0.1, 0.15) is 28.7 Å². The number of nitrogens with zero attached hydrogens (tertiary/aromatic N) is 2. The molecule has 0 unspecified atom stereocenters. The van der Waals surface area contributed by atoms with Crippen molar-refractivity contribution in [2.24, 2.45) is 0 Å². The molecule has 8 heteroatoms. The molecule has 0 aliphatic carbocycles. The Labute approximate surface area is 162 Å². The summed E-state index contributed by atoms with van der Waals surface area (Å²) in [6.07, 6.45) is 1.95. The fraction of sp³-hybridized carbons (Fsp3) is 0.167. The minimum absolute atomic E-state index is 0.241. The number of rotatable bonds is 5. The number of carbonyl (C=O) groups excluding carboxylic acids is 1. The molecule has 0 spiro atoms. The van der Waals surface area contributed by atoms with Crippen LogP contribution >= 0.6 is 34.0 Å². The van der Waals surface area contributed by atoms with E-state index < -0.39 is 0 Å². The van der Waals surface area contributed by atoms with E-state index in [1.165, 1.54) is 22.7 Å². The van der Waals surface area contributed by atoms with Crippen molar-refractivity contribution < 1.29 is 4.79 Å². The average Bonchev–Trinajstić information content (AvgIpc) is 3.35.